The number of aryl methyl sites for hydroxylation is 1. The number of hydrogen-bond acceptors (Lipinski definition) is 5. The first kappa shape index (κ1) is 23.3. The minimum atomic E-state index is -1.02. The molecule has 3 N–H and O–H groups in total. The molecule has 0 saturated heterocycles. The lowest BCUT2D eigenvalue weighted by molar-refractivity contribution is -0.0227. The smallest absolute Gasteiger partial charge is 0.251 e. The van der Waals surface area contributed by atoms with Gasteiger partial charge in [0, 0.05) is 39.8 Å². The number of pyridine rings is 1. The SMILES string of the molecule is Cc1cc(-c2n[nH]c3ccc(C(=O)N[C@H]4CCC[C@@](O)(Cn5ncc6cc(F)ccc65)C4)cc23)ccn1. The predicted molar refractivity (Wildman–Crippen MR) is 138 cm³/mol. The van der Waals surface area contributed by atoms with Crippen LogP contribution in [0.25, 0.3) is 33.1 Å². The molecule has 3 aromatic heterocycles. The summed E-state index contributed by atoms with van der Waals surface area (Å²) in [6.07, 6.45) is 5.94. The molecule has 0 spiro atoms. The van der Waals surface area contributed by atoms with Gasteiger partial charge in [0.15, 0.2) is 0 Å². The van der Waals surface area contributed by atoms with Crippen LogP contribution >= 0.6 is 0 Å². The van der Waals surface area contributed by atoms with E-state index in [1.807, 2.05) is 31.2 Å². The number of H-pyrrole nitrogens is 1. The molecule has 1 amide bonds. The number of aliphatic hydroxyl groups is 1. The van der Waals surface area contributed by atoms with Gasteiger partial charge in [-0.2, -0.15) is 10.2 Å². The zero-order valence-electron chi connectivity index (χ0n) is 20.4. The fraction of sp³-hybridized carbons (Fsp3) is 0.286. The lowest BCUT2D eigenvalue weighted by Crippen LogP contribution is -2.47. The van der Waals surface area contributed by atoms with Crippen LogP contribution in [0, 0.1) is 12.7 Å². The Morgan fingerprint density at radius 1 is 1.24 bits per heavy atom. The normalized spacial score (nSPS) is 19.9. The highest BCUT2D eigenvalue weighted by molar-refractivity contribution is 6.01. The fourth-order valence-electron chi connectivity index (χ4n) is 5.41. The van der Waals surface area contributed by atoms with E-state index in [-0.39, 0.29) is 24.3 Å². The summed E-state index contributed by atoms with van der Waals surface area (Å²) < 4.78 is 15.3. The molecular weight excluding hydrogens is 471 g/mol. The van der Waals surface area contributed by atoms with Gasteiger partial charge < -0.3 is 10.4 Å². The summed E-state index contributed by atoms with van der Waals surface area (Å²) in [6, 6.07) is 13.7. The fourth-order valence-corrected chi connectivity index (χ4v) is 5.41. The average Bonchev–Trinajstić information content (AvgIpc) is 3.47. The lowest BCUT2D eigenvalue weighted by Gasteiger charge is -2.37. The Morgan fingerprint density at radius 3 is 3.00 bits per heavy atom. The Hall–Kier alpha value is -4.11. The maximum absolute atomic E-state index is 13.6. The van der Waals surface area contributed by atoms with Crippen molar-refractivity contribution in [3.05, 3.63) is 78.0 Å². The minimum Gasteiger partial charge on any atom is -0.388 e. The van der Waals surface area contributed by atoms with Crippen LogP contribution in [-0.4, -0.2) is 47.6 Å². The van der Waals surface area contributed by atoms with E-state index in [9.17, 15) is 14.3 Å². The van der Waals surface area contributed by atoms with Crippen molar-refractivity contribution in [3.63, 3.8) is 0 Å². The Bertz CT molecular complexity index is 1630. The van der Waals surface area contributed by atoms with Crippen molar-refractivity contribution in [1.82, 2.24) is 30.3 Å². The third-order valence-corrected chi connectivity index (χ3v) is 7.20. The van der Waals surface area contributed by atoms with Gasteiger partial charge in [0.1, 0.15) is 11.5 Å². The quantitative estimate of drug-likeness (QED) is 0.330. The molecule has 0 radical (unpaired) electrons. The summed E-state index contributed by atoms with van der Waals surface area (Å²) in [6.45, 7) is 2.21. The van der Waals surface area contributed by atoms with Gasteiger partial charge in [0.2, 0.25) is 0 Å². The minimum absolute atomic E-state index is 0.173. The maximum atomic E-state index is 13.6. The number of carbonyl (C=O) groups excluding carboxylic acids is 1. The van der Waals surface area contributed by atoms with Crippen LogP contribution in [0.1, 0.15) is 41.7 Å². The monoisotopic (exact) mass is 498 g/mol. The van der Waals surface area contributed by atoms with Gasteiger partial charge in [-0.05, 0) is 81.1 Å². The van der Waals surface area contributed by atoms with Gasteiger partial charge in [-0.1, -0.05) is 0 Å². The molecular formula is C28H27FN6O2. The number of benzene rings is 2. The van der Waals surface area contributed by atoms with Crippen molar-refractivity contribution in [2.24, 2.45) is 0 Å². The Morgan fingerprint density at radius 2 is 2.14 bits per heavy atom. The molecule has 0 bridgehead atoms. The molecule has 5 aromatic rings. The number of rotatable bonds is 5. The Kier molecular flexibility index (Phi) is 5.72. The van der Waals surface area contributed by atoms with Crippen molar-refractivity contribution >= 4 is 27.7 Å². The number of aromatic amines is 1. The van der Waals surface area contributed by atoms with Crippen molar-refractivity contribution in [1.29, 1.82) is 0 Å². The van der Waals surface area contributed by atoms with E-state index in [0.717, 1.165) is 46.2 Å². The van der Waals surface area contributed by atoms with Gasteiger partial charge >= 0.3 is 0 Å². The summed E-state index contributed by atoms with van der Waals surface area (Å²) in [4.78, 5) is 17.5. The van der Waals surface area contributed by atoms with Crippen LogP contribution in [-0.2, 0) is 6.54 Å². The average molecular weight is 499 g/mol. The van der Waals surface area contributed by atoms with Crippen molar-refractivity contribution < 1.29 is 14.3 Å². The van der Waals surface area contributed by atoms with Crippen molar-refractivity contribution in [3.8, 4) is 11.3 Å². The molecule has 1 fully saturated rings. The second kappa shape index (κ2) is 9.08. The highest BCUT2D eigenvalue weighted by Gasteiger charge is 2.36. The molecule has 37 heavy (non-hydrogen) atoms. The third kappa shape index (κ3) is 4.58. The number of nitrogens with zero attached hydrogens (tertiary/aromatic N) is 4. The van der Waals surface area contributed by atoms with E-state index < -0.39 is 5.60 Å². The molecule has 2 atom stereocenters. The molecule has 3 heterocycles. The third-order valence-electron chi connectivity index (χ3n) is 7.20. The molecule has 2 aromatic carbocycles. The Labute approximate surface area is 212 Å². The summed E-state index contributed by atoms with van der Waals surface area (Å²) in [5.74, 6) is -0.503. The van der Waals surface area contributed by atoms with Gasteiger partial charge in [-0.15, -0.1) is 0 Å². The molecule has 0 aliphatic heterocycles. The van der Waals surface area contributed by atoms with Crippen LogP contribution in [0.2, 0.25) is 0 Å². The van der Waals surface area contributed by atoms with Crippen LogP contribution in [0.3, 0.4) is 0 Å². The number of fused-ring (bicyclic) bond motifs is 2. The number of halogens is 1. The zero-order chi connectivity index (χ0) is 25.6. The second-order valence-electron chi connectivity index (χ2n) is 10.0. The summed E-state index contributed by atoms with van der Waals surface area (Å²) in [5.41, 5.74) is 3.73. The summed E-state index contributed by atoms with van der Waals surface area (Å²) in [5, 5.41) is 27.9. The molecule has 0 unspecified atom stereocenters. The largest absolute Gasteiger partial charge is 0.388 e. The van der Waals surface area contributed by atoms with Crippen LogP contribution in [0.5, 0.6) is 0 Å². The van der Waals surface area contributed by atoms with E-state index in [1.165, 1.54) is 12.1 Å². The summed E-state index contributed by atoms with van der Waals surface area (Å²) in [7, 11) is 0. The maximum Gasteiger partial charge on any atom is 0.251 e. The summed E-state index contributed by atoms with van der Waals surface area (Å²) >= 11 is 0. The standard InChI is InChI=1S/C28H27FN6O2/c1-17-11-18(8-10-30-17)26-23-13-19(4-6-24(23)33-34-26)27(36)32-22-3-2-9-28(37,14-22)16-35-25-7-5-21(29)12-20(25)15-31-35/h4-8,10-13,15,22,37H,2-3,9,14,16H2,1H3,(H,32,36)(H,33,34)/t22-,28-/m0/s1. The molecule has 188 valence electrons. The van der Waals surface area contributed by atoms with Crippen LogP contribution in [0.4, 0.5) is 4.39 Å². The first-order chi connectivity index (χ1) is 17.9. The van der Waals surface area contributed by atoms with Crippen molar-refractivity contribution in [2.75, 3.05) is 0 Å². The lowest BCUT2D eigenvalue weighted by atomic mass is 9.81. The number of aromatic nitrogens is 5. The number of hydrogen-bond donors (Lipinski definition) is 3. The molecule has 1 aliphatic rings. The Balaban J connectivity index is 1.19. The highest BCUT2D eigenvalue weighted by Crippen LogP contribution is 2.32. The number of carbonyl (C=O) groups is 1. The van der Waals surface area contributed by atoms with Gasteiger partial charge in [0.25, 0.3) is 5.91 Å². The van der Waals surface area contributed by atoms with E-state index >= 15 is 0 Å². The number of amides is 1. The van der Waals surface area contributed by atoms with Crippen LogP contribution in [0.15, 0.2) is 60.9 Å². The van der Waals surface area contributed by atoms with E-state index in [4.69, 9.17) is 0 Å². The molecule has 1 aliphatic carbocycles. The van der Waals surface area contributed by atoms with Crippen LogP contribution < -0.4 is 5.32 Å². The number of nitrogens with one attached hydrogen (secondary N) is 2. The topological polar surface area (TPSA) is 109 Å². The van der Waals surface area contributed by atoms with E-state index in [1.54, 1.807) is 29.2 Å². The highest BCUT2D eigenvalue weighted by atomic mass is 19.1. The molecule has 8 nitrogen and oxygen atoms in total. The van der Waals surface area contributed by atoms with E-state index in [2.05, 4.69) is 25.6 Å². The molecule has 9 heteroatoms. The predicted octanol–water partition coefficient (Wildman–Crippen LogP) is 4.53. The molecule has 6 rings (SSSR count). The second-order valence-corrected chi connectivity index (χ2v) is 10.0. The molecule has 1 saturated carbocycles. The van der Waals surface area contributed by atoms with Gasteiger partial charge in [-0.3, -0.25) is 19.6 Å². The first-order valence-electron chi connectivity index (χ1n) is 12.4. The van der Waals surface area contributed by atoms with E-state index in [0.29, 0.717) is 23.8 Å². The van der Waals surface area contributed by atoms with Crippen molar-refractivity contribution in [2.45, 2.75) is 50.8 Å². The van der Waals surface area contributed by atoms with Gasteiger partial charge in [0.05, 0.1) is 29.4 Å². The first-order valence-corrected chi connectivity index (χ1v) is 12.4. The van der Waals surface area contributed by atoms with Gasteiger partial charge in [-0.25, -0.2) is 4.39 Å². The zero-order valence-corrected chi connectivity index (χ0v) is 20.4.